The van der Waals surface area contributed by atoms with Crippen molar-refractivity contribution in [2.45, 2.75) is 23.3 Å². The van der Waals surface area contributed by atoms with E-state index in [1.54, 1.807) is 6.07 Å². The zero-order valence-electron chi connectivity index (χ0n) is 14.8. The molecule has 1 saturated carbocycles. The Balaban J connectivity index is 1.86. The molecule has 7 heteroatoms. The van der Waals surface area contributed by atoms with Gasteiger partial charge in [0.05, 0.1) is 14.2 Å². The van der Waals surface area contributed by atoms with Gasteiger partial charge in [-0.2, -0.15) is 0 Å². The standard InChI is InChI=1S/C19H23NO5S/c1-24-16-10-11-18(17(12-16)25-2)26(22,23)20-13-19(21,15-8-9-15)14-6-4-3-5-7-14/h3-7,10-12,15,20-21H,8-9,13H2,1-2H3. The first-order chi connectivity index (χ1) is 12.4. The third-order valence-electron chi connectivity index (χ3n) is 4.72. The smallest absolute Gasteiger partial charge is 0.244 e. The van der Waals surface area contributed by atoms with E-state index in [1.165, 1.54) is 26.4 Å². The number of hydrogen-bond acceptors (Lipinski definition) is 5. The van der Waals surface area contributed by atoms with Crippen LogP contribution in [0, 0.1) is 5.92 Å². The molecule has 1 aliphatic carbocycles. The van der Waals surface area contributed by atoms with Crippen molar-refractivity contribution in [2.24, 2.45) is 5.92 Å². The van der Waals surface area contributed by atoms with Crippen LogP contribution < -0.4 is 14.2 Å². The highest BCUT2D eigenvalue weighted by molar-refractivity contribution is 7.89. The zero-order chi connectivity index (χ0) is 18.8. The van der Waals surface area contributed by atoms with E-state index >= 15 is 0 Å². The molecule has 0 heterocycles. The van der Waals surface area contributed by atoms with Gasteiger partial charge in [-0.25, -0.2) is 13.1 Å². The van der Waals surface area contributed by atoms with E-state index in [0.717, 1.165) is 12.8 Å². The van der Waals surface area contributed by atoms with Crippen molar-refractivity contribution in [2.75, 3.05) is 20.8 Å². The Labute approximate surface area is 153 Å². The molecule has 1 fully saturated rings. The van der Waals surface area contributed by atoms with E-state index in [-0.39, 0.29) is 23.1 Å². The topological polar surface area (TPSA) is 84.9 Å². The minimum absolute atomic E-state index is 0.00649. The lowest BCUT2D eigenvalue weighted by Crippen LogP contribution is -2.42. The molecule has 140 valence electrons. The first kappa shape index (κ1) is 18.7. The molecular weight excluding hydrogens is 354 g/mol. The summed E-state index contributed by atoms with van der Waals surface area (Å²) in [5.74, 6) is 0.733. The van der Waals surface area contributed by atoms with Crippen LogP contribution in [0.1, 0.15) is 18.4 Å². The average molecular weight is 377 g/mol. The number of aliphatic hydroxyl groups is 1. The lowest BCUT2D eigenvalue weighted by molar-refractivity contribution is 0.0185. The third-order valence-corrected chi connectivity index (χ3v) is 6.16. The van der Waals surface area contributed by atoms with Gasteiger partial charge in [0.1, 0.15) is 22.0 Å². The molecular formula is C19H23NO5S. The van der Waals surface area contributed by atoms with E-state index < -0.39 is 15.6 Å². The number of rotatable bonds is 8. The van der Waals surface area contributed by atoms with Gasteiger partial charge in [0.15, 0.2) is 0 Å². The van der Waals surface area contributed by atoms with Gasteiger partial charge in [-0.1, -0.05) is 30.3 Å². The van der Waals surface area contributed by atoms with E-state index in [2.05, 4.69) is 4.72 Å². The quantitative estimate of drug-likeness (QED) is 0.737. The van der Waals surface area contributed by atoms with Gasteiger partial charge < -0.3 is 14.6 Å². The number of sulfonamides is 1. The summed E-state index contributed by atoms with van der Waals surface area (Å²) in [5, 5.41) is 11.2. The molecule has 3 rings (SSSR count). The molecule has 2 N–H and O–H groups in total. The highest BCUT2D eigenvalue weighted by Crippen LogP contribution is 2.45. The zero-order valence-corrected chi connectivity index (χ0v) is 15.6. The second kappa shape index (κ2) is 7.26. The lowest BCUT2D eigenvalue weighted by atomic mass is 9.89. The maximum Gasteiger partial charge on any atom is 0.244 e. The molecule has 1 aliphatic rings. The molecule has 0 radical (unpaired) electrons. The molecule has 0 amide bonds. The number of ether oxygens (including phenoxy) is 2. The van der Waals surface area contributed by atoms with Crippen LogP contribution in [0.15, 0.2) is 53.4 Å². The van der Waals surface area contributed by atoms with Crippen LogP contribution in [0.25, 0.3) is 0 Å². The maximum atomic E-state index is 12.8. The van der Waals surface area contributed by atoms with Crippen LogP contribution in [-0.4, -0.2) is 34.3 Å². The van der Waals surface area contributed by atoms with Gasteiger partial charge in [-0.15, -0.1) is 0 Å². The Hall–Kier alpha value is -2.09. The molecule has 0 spiro atoms. The van der Waals surface area contributed by atoms with Gasteiger partial charge in [0, 0.05) is 12.6 Å². The molecule has 0 saturated heterocycles. The van der Waals surface area contributed by atoms with Gasteiger partial charge in [0.2, 0.25) is 10.0 Å². The summed E-state index contributed by atoms with van der Waals surface area (Å²) < 4.78 is 38.4. The molecule has 2 aromatic rings. The Morgan fingerprint density at radius 1 is 1.12 bits per heavy atom. The number of methoxy groups -OCH3 is 2. The Bertz CT molecular complexity index is 865. The van der Waals surface area contributed by atoms with Crippen LogP contribution in [0.2, 0.25) is 0 Å². The summed E-state index contributed by atoms with van der Waals surface area (Å²) in [4.78, 5) is 0.00649. The fraction of sp³-hybridized carbons (Fsp3) is 0.368. The van der Waals surface area contributed by atoms with E-state index in [9.17, 15) is 13.5 Å². The Kier molecular flexibility index (Phi) is 5.22. The normalized spacial score (nSPS) is 16.7. The predicted octanol–water partition coefficient (Wildman–Crippen LogP) is 2.28. The molecule has 0 aliphatic heterocycles. The van der Waals surface area contributed by atoms with Crippen molar-refractivity contribution >= 4 is 10.0 Å². The molecule has 1 unspecified atom stereocenters. The van der Waals surface area contributed by atoms with Gasteiger partial charge in [-0.3, -0.25) is 0 Å². The van der Waals surface area contributed by atoms with Crippen LogP contribution in [-0.2, 0) is 15.6 Å². The Morgan fingerprint density at radius 2 is 1.81 bits per heavy atom. The average Bonchev–Trinajstić information content (AvgIpc) is 3.52. The van der Waals surface area contributed by atoms with Gasteiger partial charge in [0.25, 0.3) is 0 Å². The molecule has 6 nitrogen and oxygen atoms in total. The molecule has 26 heavy (non-hydrogen) atoms. The van der Waals surface area contributed by atoms with Crippen molar-refractivity contribution in [1.29, 1.82) is 0 Å². The first-order valence-electron chi connectivity index (χ1n) is 8.40. The maximum absolute atomic E-state index is 12.8. The second-order valence-corrected chi connectivity index (χ2v) is 8.14. The summed E-state index contributed by atoms with van der Waals surface area (Å²) in [5.41, 5.74) is -0.513. The number of hydrogen-bond donors (Lipinski definition) is 2. The fourth-order valence-electron chi connectivity index (χ4n) is 3.05. The number of nitrogens with one attached hydrogen (secondary N) is 1. The van der Waals surface area contributed by atoms with Crippen molar-refractivity contribution in [1.82, 2.24) is 4.72 Å². The summed E-state index contributed by atoms with van der Waals surface area (Å²) in [6.07, 6.45) is 1.75. The van der Waals surface area contributed by atoms with Crippen molar-refractivity contribution in [3.05, 3.63) is 54.1 Å². The molecule has 0 bridgehead atoms. The van der Waals surface area contributed by atoms with Crippen LogP contribution in [0.5, 0.6) is 11.5 Å². The first-order valence-corrected chi connectivity index (χ1v) is 9.88. The van der Waals surface area contributed by atoms with Gasteiger partial charge in [-0.05, 0) is 36.5 Å². The van der Waals surface area contributed by atoms with Crippen molar-refractivity contribution in [3.63, 3.8) is 0 Å². The number of benzene rings is 2. The highest BCUT2D eigenvalue weighted by atomic mass is 32.2. The van der Waals surface area contributed by atoms with Gasteiger partial charge >= 0.3 is 0 Å². The van der Waals surface area contributed by atoms with E-state index in [0.29, 0.717) is 11.3 Å². The Morgan fingerprint density at radius 3 is 2.38 bits per heavy atom. The van der Waals surface area contributed by atoms with Crippen LogP contribution in [0.4, 0.5) is 0 Å². The fourth-order valence-corrected chi connectivity index (χ4v) is 4.27. The highest BCUT2D eigenvalue weighted by Gasteiger charge is 2.45. The van der Waals surface area contributed by atoms with E-state index in [1.807, 2.05) is 30.3 Å². The summed E-state index contributed by atoms with van der Waals surface area (Å²) in [7, 11) is -0.968. The molecule has 2 aromatic carbocycles. The van der Waals surface area contributed by atoms with Crippen LogP contribution in [0.3, 0.4) is 0 Å². The van der Waals surface area contributed by atoms with Crippen molar-refractivity contribution in [3.8, 4) is 11.5 Å². The van der Waals surface area contributed by atoms with E-state index in [4.69, 9.17) is 9.47 Å². The third kappa shape index (κ3) is 3.70. The second-order valence-electron chi connectivity index (χ2n) is 6.41. The molecule has 1 atom stereocenters. The minimum atomic E-state index is -3.87. The largest absolute Gasteiger partial charge is 0.497 e. The predicted molar refractivity (Wildman–Crippen MR) is 97.8 cm³/mol. The van der Waals surface area contributed by atoms with Crippen molar-refractivity contribution < 1.29 is 23.0 Å². The minimum Gasteiger partial charge on any atom is -0.497 e. The van der Waals surface area contributed by atoms with Crippen LogP contribution >= 0.6 is 0 Å². The SMILES string of the molecule is COc1ccc(S(=O)(=O)NCC(O)(c2ccccc2)C2CC2)c(OC)c1. The summed E-state index contributed by atoms with van der Waals surface area (Å²) in [6, 6.07) is 13.7. The summed E-state index contributed by atoms with van der Waals surface area (Å²) >= 11 is 0. The molecule has 0 aromatic heterocycles. The lowest BCUT2D eigenvalue weighted by Gasteiger charge is -2.29. The summed E-state index contributed by atoms with van der Waals surface area (Å²) in [6.45, 7) is -0.0980. The monoisotopic (exact) mass is 377 g/mol.